The van der Waals surface area contributed by atoms with Crippen LogP contribution in [0.2, 0.25) is 0 Å². The summed E-state index contributed by atoms with van der Waals surface area (Å²) in [5.41, 5.74) is 7.30. The van der Waals surface area contributed by atoms with Gasteiger partial charge in [0.25, 0.3) is 0 Å². The Balaban J connectivity index is 2.11. The van der Waals surface area contributed by atoms with Gasteiger partial charge in [-0.05, 0) is 25.2 Å². The molecule has 0 bridgehead atoms. The largest absolute Gasteiger partial charge is 0.383 e. The lowest BCUT2D eigenvalue weighted by molar-refractivity contribution is 0.180. The van der Waals surface area contributed by atoms with Gasteiger partial charge in [-0.2, -0.15) is 0 Å². The fourth-order valence-electron chi connectivity index (χ4n) is 2.17. The van der Waals surface area contributed by atoms with Crippen LogP contribution in [-0.4, -0.2) is 16.5 Å². The Morgan fingerprint density at radius 1 is 1.35 bits per heavy atom. The molecule has 1 aliphatic rings. The lowest BCUT2D eigenvalue weighted by Gasteiger charge is -2.38. The van der Waals surface area contributed by atoms with Gasteiger partial charge < -0.3 is 11.1 Å². The second kappa shape index (κ2) is 4.51. The van der Waals surface area contributed by atoms with Gasteiger partial charge in [-0.15, -0.1) is 0 Å². The second-order valence-corrected chi connectivity index (χ2v) is 5.37. The average molecular weight is 234 g/mol. The highest BCUT2D eigenvalue weighted by Crippen LogP contribution is 2.40. The van der Waals surface area contributed by atoms with Crippen molar-refractivity contribution >= 4 is 11.6 Å². The van der Waals surface area contributed by atoms with E-state index in [2.05, 4.69) is 22.2 Å². The molecule has 17 heavy (non-hydrogen) atoms. The van der Waals surface area contributed by atoms with Crippen molar-refractivity contribution in [3.8, 4) is 0 Å². The predicted octanol–water partition coefficient (Wildman–Crippen LogP) is 2.53. The standard InChI is InChI=1S/C13H22N4/c1-4-10-16-11(14)9(2)12(17-10)15-8-13(3)6-5-7-13/h4-8H2,1-3H3,(H3,14,15,16,17). The van der Waals surface area contributed by atoms with Gasteiger partial charge in [0, 0.05) is 18.5 Å². The average Bonchev–Trinajstić information content (AvgIpc) is 2.28. The first-order chi connectivity index (χ1) is 8.04. The van der Waals surface area contributed by atoms with E-state index in [9.17, 15) is 0 Å². The zero-order valence-electron chi connectivity index (χ0n) is 11.0. The summed E-state index contributed by atoms with van der Waals surface area (Å²) in [4.78, 5) is 8.77. The maximum atomic E-state index is 5.89. The molecule has 1 aromatic heterocycles. The Kier molecular flexibility index (Phi) is 3.22. The van der Waals surface area contributed by atoms with E-state index in [1.165, 1.54) is 19.3 Å². The Bertz CT molecular complexity index is 410. The number of hydrogen-bond donors (Lipinski definition) is 2. The number of nitrogens with one attached hydrogen (secondary N) is 1. The van der Waals surface area contributed by atoms with Crippen LogP contribution in [0.3, 0.4) is 0 Å². The number of anilines is 2. The van der Waals surface area contributed by atoms with E-state index in [0.29, 0.717) is 11.2 Å². The number of nitrogen functional groups attached to an aromatic ring is 1. The van der Waals surface area contributed by atoms with E-state index in [-0.39, 0.29) is 0 Å². The number of hydrogen-bond acceptors (Lipinski definition) is 4. The van der Waals surface area contributed by atoms with E-state index in [0.717, 1.165) is 30.2 Å². The molecule has 0 aromatic carbocycles. The molecule has 1 aromatic rings. The summed E-state index contributed by atoms with van der Waals surface area (Å²) in [7, 11) is 0. The Morgan fingerprint density at radius 2 is 2.06 bits per heavy atom. The molecule has 0 atom stereocenters. The zero-order valence-corrected chi connectivity index (χ0v) is 11.0. The molecule has 4 nitrogen and oxygen atoms in total. The summed E-state index contributed by atoms with van der Waals surface area (Å²) in [5, 5.41) is 3.44. The van der Waals surface area contributed by atoms with Crippen LogP contribution in [0.4, 0.5) is 11.6 Å². The fraction of sp³-hybridized carbons (Fsp3) is 0.692. The van der Waals surface area contributed by atoms with Crippen molar-refractivity contribution < 1.29 is 0 Å². The molecule has 0 aliphatic heterocycles. The summed E-state index contributed by atoms with van der Waals surface area (Å²) in [6.07, 6.45) is 4.78. The molecule has 0 unspecified atom stereocenters. The maximum absolute atomic E-state index is 5.89. The third-order valence-electron chi connectivity index (χ3n) is 3.79. The van der Waals surface area contributed by atoms with Crippen LogP contribution < -0.4 is 11.1 Å². The molecule has 2 rings (SSSR count). The van der Waals surface area contributed by atoms with Crippen molar-refractivity contribution in [2.75, 3.05) is 17.6 Å². The molecule has 4 heteroatoms. The molecule has 94 valence electrons. The quantitative estimate of drug-likeness (QED) is 0.840. The van der Waals surface area contributed by atoms with Gasteiger partial charge in [0.2, 0.25) is 0 Å². The van der Waals surface area contributed by atoms with E-state index < -0.39 is 0 Å². The molecule has 0 radical (unpaired) electrons. The Hall–Kier alpha value is -1.32. The second-order valence-electron chi connectivity index (χ2n) is 5.37. The Labute approximate surface area is 103 Å². The minimum Gasteiger partial charge on any atom is -0.383 e. The van der Waals surface area contributed by atoms with E-state index in [1.54, 1.807) is 0 Å². The van der Waals surface area contributed by atoms with Crippen molar-refractivity contribution in [1.82, 2.24) is 9.97 Å². The van der Waals surface area contributed by atoms with Crippen LogP contribution in [0.5, 0.6) is 0 Å². The molecular weight excluding hydrogens is 212 g/mol. The lowest BCUT2D eigenvalue weighted by Crippen LogP contribution is -2.33. The van der Waals surface area contributed by atoms with E-state index >= 15 is 0 Å². The summed E-state index contributed by atoms with van der Waals surface area (Å²) < 4.78 is 0. The summed E-state index contributed by atoms with van der Waals surface area (Å²) in [5.74, 6) is 2.31. The third kappa shape index (κ3) is 2.51. The van der Waals surface area contributed by atoms with Crippen LogP contribution in [0.25, 0.3) is 0 Å². The maximum Gasteiger partial charge on any atom is 0.134 e. The van der Waals surface area contributed by atoms with E-state index in [4.69, 9.17) is 5.73 Å². The normalized spacial score (nSPS) is 17.6. The van der Waals surface area contributed by atoms with Gasteiger partial charge in [-0.3, -0.25) is 0 Å². The topological polar surface area (TPSA) is 63.8 Å². The molecule has 0 saturated heterocycles. The van der Waals surface area contributed by atoms with Crippen LogP contribution in [0, 0.1) is 12.3 Å². The van der Waals surface area contributed by atoms with Crippen LogP contribution in [-0.2, 0) is 6.42 Å². The highest BCUT2D eigenvalue weighted by Gasteiger charge is 2.31. The molecular formula is C13H22N4. The SMILES string of the molecule is CCc1nc(N)c(C)c(NCC2(C)CCC2)n1. The van der Waals surface area contributed by atoms with Crippen molar-refractivity contribution in [2.45, 2.75) is 46.5 Å². The molecule has 0 amide bonds. The van der Waals surface area contributed by atoms with Crippen LogP contribution in [0.1, 0.15) is 44.5 Å². The number of nitrogens with zero attached hydrogens (tertiary/aromatic N) is 2. The first-order valence-corrected chi connectivity index (χ1v) is 6.41. The minimum atomic E-state index is 0.443. The Morgan fingerprint density at radius 3 is 2.59 bits per heavy atom. The third-order valence-corrected chi connectivity index (χ3v) is 3.79. The summed E-state index contributed by atoms with van der Waals surface area (Å²) in [6.45, 7) is 7.32. The number of rotatable bonds is 4. The van der Waals surface area contributed by atoms with Crippen LogP contribution in [0.15, 0.2) is 0 Å². The first kappa shape index (κ1) is 12.1. The highest BCUT2D eigenvalue weighted by atomic mass is 15.1. The number of nitrogens with two attached hydrogens (primary N) is 1. The zero-order chi connectivity index (χ0) is 12.5. The van der Waals surface area contributed by atoms with Crippen molar-refractivity contribution in [3.63, 3.8) is 0 Å². The van der Waals surface area contributed by atoms with Crippen molar-refractivity contribution in [1.29, 1.82) is 0 Å². The monoisotopic (exact) mass is 234 g/mol. The molecule has 3 N–H and O–H groups in total. The van der Waals surface area contributed by atoms with Gasteiger partial charge in [0.15, 0.2) is 0 Å². The van der Waals surface area contributed by atoms with Crippen molar-refractivity contribution in [2.24, 2.45) is 5.41 Å². The van der Waals surface area contributed by atoms with Crippen LogP contribution >= 0.6 is 0 Å². The summed E-state index contributed by atoms with van der Waals surface area (Å²) in [6, 6.07) is 0. The molecule has 1 fully saturated rings. The van der Waals surface area contributed by atoms with Crippen molar-refractivity contribution in [3.05, 3.63) is 11.4 Å². The van der Waals surface area contributed by atoms with Gasteiger partial charge >= 0.3 is 0 Å². The molecule has 1 saturated carbocycles. The minimum absolute atomic E-state index is 0.443. The number of aryl methyl sites for hydroxylation is 1. The lowest BCUT2D eigenvalue weighted by atomic mass is 9.70. The molecule has 1 aliphatic carbocycles. The predicted molar refractivity (Wildman–Crippen MR) is 71.0 cm³/mol. The van der Waals surface area contributed by atoms with Gasteiger partial charge in [-0.25, -0.2) is 9.97 Å². The summed E-state index contributed by atoms with van der Waals surface area (Å²) >= 11 is 0. The van der Waals surface area contributed by atoms with Gasteiger partial charge in [-0.1, -0.05) is 20.3 Å². The highest BCUT2D eigenvalue weighted by molar-refractivity contribution is 5.54. The molecule has 0 spiro atoms. The number of aromatic nitrogens is 2. The molecule has 1 heterocycles. The van der Waals surface area contributed by atoms with Gasteiger partial charge in [0.05, 0.1) is 0 Å². The smallest absolute Gasteiger partial charge is 0.134 e. The fourth-order valence-corrected chi connectivity index (χ4v) is 2.17. The first-order valence-electron chi connectivity index (χ1n) is 6.41. The van der Waals surface area contributed by atoms with Gasteiger partial charge in [0.1, 0.15) is 17.5 Å². The van der Waals surface area contributed by atoms with E-state index in [1.807, 2.05) is 13.8 Å².